The molecule has 0 aliphatic rings. The second-order valence-corrected chi connectivity index (χ2v) is 2.64. The van der Waals surface area contributed by atoms with Crippen molar-refractivity contribution in [3.63, 3.8) is 0 Å². The predicted octanol–water partition coefficient (Wildman–Crippen LogP) is 1.04. The zero-order chi connectivity index (χ0) is 8.97. The average Bonchev–Trinajstić information content (AvgIpc) is 2.05. The molecule has 1 aromatic carbocycles. The Labute approximate surface area is 73.3 Å². The summed E-state index contributed by atoms with van der Waals surface area (Å²) >= 11 is 0. The second kappa shape index (κ2) is 4.00. The van der Waals surface area contributed by atoms with Crippen molar-refractivity contribution < 1.29 is 4.79 Å². The minimum atomic E-state index is 0.115. The van der Waals surface area contributed by atoms with Crippen molar-refractivity contribution in [3.8, 4) is 0 Å². The van der Waals surface area contributed by atoms with Gasteiger partial charge < -0.3 is 0 Å². The molecule has 12 heavy (non-hydrogen) atoms. The van der Waals surface area contributed by atoms with E-state index in [-0.39, 0.29) is 5.78 Å². The third-order valence-corrected chi connectivity index (χ3v) is 1.69. The fourth-order valence-corrected chi connectivity index (χ4v) is 1.14. The molecule has 0 amide bonds. The third kappa shape index (κ3) is 1.91. The van der Waals surface area contributed by atoms with Crippen LogP contribution in [0.25, 0.3) is 0 Å². The molecule has 60 valence electrons. The van der Waals surface area contributed by atoms with Gasteiger partial charge in [-0.25, -0.2) is 0 Å². The van der Waals surface area contributed by atoms with Gasteiger partial charge >= 0.3 is 72.6 Å². The first-order chi connectivity index (χ1) is 5.75. The molecular formula is C10H11BO. The quantitative estimate of drug-likeness (QED) is 0.464. The maximum atomic E-state index is 11.1. The van der Waals surface area contributed by atoms with Crippen molar-refractivity contribution in [3.05, 3.63) is 29.8 Å². The van der Waals surface area contributed by atoms with Crippen LogP contribution < -0.4 is 5.46 Å². The van der Waals surface area contributed by atoms with Crippen LogP contribution in [0.15, 0.2) is 24.3 Å². The predicted molar refractivity (Wildman–Crippen MR) is 53.6 cm³/mol. The van der Waals surface area contributed by atoms with Gasteiger partial charge in [0.05, 0.1) is 0 Å². The number of Topliss-reactive ketones (excluding diaryl/α,β-unsaturated/α-hetero) is 1. The van der Waals surface area contributed by atoms with Crippen molar-refractivity contribution >= 4 is 24.1 Å². The van der Waals surface area contributed by atoms with Crippen molar-refractivity contribution in [2.75, 3.05) is 0 Å². The monoisotopic (exact) mass is 158 g/mol. The van der Waals surface area contributed by atoms with Crippen molar-refractivity contribution in [2.24, 2.45) is 0 Å². The van der Waals surface area contributed by atoms with E-state index in [4.69, 9.17) is 0 Å². The number of carbonyl (C=O) groups excluding carboxylic acids is 1. The van der Waals surface area contributed by atoms with Gasteiger partial charge in [-0.05, 0) is 0 Å². The molecule has 0 saturated carbocycles. The topological polar surface area (TPSA) is 17.1 Å². The van der Waals surface area contributed by atoms with Gasteiger partial charge in [0.15, 0.2) is 0 Å². The van der Waals surface area contributed by atoms with Crippen LogP contribution in [0.5, 0.6) is 0 Å². The van der Waals surface area contributed by atoms with Crippen LogP contribution >= 0.6 is 0 Å². The minimum absolute atomic E-state index is 0.115. The van der Waals surface area contributed by atoms with Gasteiger partial charge in [-0.2, -0.15) is 0 Å². The summed E-state index contributed by atoms with van der Waals surface area (Å²) in [6, 6.07) is 7.60. The van der Waals surface area contributed by atoms with Gasteiger partial charge in [0.1, 0.15) is 0 Å². The molecule has 2 heteroatoms. The van der Waals surface area contributed by atoms with Gasteiger partial charge in [-0.15, -0.1) is 0 Å². The molecule has 1 rings (SSSR count). The van der Waals surface area contributed by atoms with Gasteiger partial charge in [0.25, 0.3) is 0 Å². The Morgan fingerprint density at radius 2 is 2.08 bits per heavy atom. The first-order valence-corrected chi connectivity index (χ1v) is 3.98. The number of hydrogen-bond donors (Lipinski definition) is 0. The summed E-state index contributed by atoms with van der Waals surface area (Å²) in [6.45, 7) is 5.47. The van der Waals surface area contributed by atoms with E-state index in [2.05, 4.69) is 0 Å². The molecule has 0 aromatic heterocycles. The number of hydrogen-bond acceptors (Lipinski definition) is 1. The molecule has 1 nitrogen and oxygen atoms in total. The summed E-state index contributed by atoms with van der Waals surface area (Å²) in [5.74, 6) is 2.05. The summed E-state index contributed by atoms with van der Waals surface area (Å²) in [6.07, 6.45) is 0. The second-order valence-electron chi connectivity index (χ2n) is 2.64. The van der Waals surface area contributed by atoms with E-state index in [1.54, 1.807) is 6.92 Å². The van der Waals surface area contributed by atoms with Gasteiger partial charge in [-0.1, -0.05) is 0 Å². The Morgan fingerprint density at radius 1 is 1.42 bits per heavy atom. The molecule has 0 bridgehead atoms. The Balaban J connectivity index is 3.17. The van der Waals surface area contributed by atoms with Crippen LogP contribution in [0.3, 0.4) is 0 Å². The summed E-state index contributed by atoms with van der Waals surface area (Å²) in [5.41, 5.74) is 1.78. The van der Waals surface area contributed by atoms with Crippen LogP contribution in [0.2, 0.25) is 0 Å². The molecule has 0 saturated heterocycles. The van der Waals surface area contributed by atoms with Crippen molar-refractivity contribution in [1.29, 1.82) is 0 Å². The van der Waals surface area contributed by atoms with Gasteiger partial charge in [0.2, 0.25) is 0 Å². The van der Waals surface area contributed by atoms with E-state index in [9.17, 15) is 4.79 Å². The van der Waals surface area contributed by atoms with E-state index in [1.807, 2.05) is 44.1 Å². The fourth-order valence-electron chi connectivity index (χ4n) is 1.14. The Bertz CT molecular complexity index is 315. The molecule has 0 spiro atoms. The molecule has 0 N–H and O–H groups in total. The van der Waals surface area contributed by atoms with Crippen LogP contribution in [-0.4, -0.2) is 18.7 Å². The molecular weight excluding hydrogens is 147 g/mol. The molecule has 0 radical (unpaired) electrons. The molecule has 0 heterocycles. The third-order valence-electron chi connectivity index (χ3n) is 1.69. The summed E-state index contributed by atoms with van der Waals surface area (Å²) < 4.78 is 0. The molecule has 1 aromatic rings. The molecule has 0 atom stereocenters. The molecule has 0 fully saturated rings. The van der Waals surface area contributed by atoms with E-state index in [0.717, 1.165) is 11.0 Å². The summed E-state index contributed by atoms with van der Waals surface area (Å²) in [5, 5.41) is 0. The molecule has 0 unspecified atom stereocenters. The number of rotatable bonds is 2. The van der Waals surface area contributed by atoms with Gasteiger partial charge in [-0.3, -0.25) is 0 Å². The summed E-state index contributed by atoms with van der Waals surface area (Å²) in [7, 11) is 0. The van der Waals surface area contributed by atoms with Crippen LogP contribution in [-0.2, 0) is 0 Å². The molecule has 0 aliphatic heterocycles. The van der Waals surface area contributed by atoms with Gasteiger partial charge in [0, 0.05) is 0 Å². The number of carbonyl (C=O) groups is 1. The van der Waals surface area contributed by atoms with Crippen LogP contribution in [0, 0.1) is 0 Å². The van der Waals surface area contributed by atoms with Crippen LogP contribution in [0.4, 0.5) is 0 Å². The van der Waals surface area contributed by atoms with Crippen molar-refractivity contribution in [2.45, 2.75) is 13.8 Å². The number of benzene rings is 1. The first-order valence-electron chi connectivity index (χ1n) is 3.98. The zero-order valence-corrected chi connectivity index (χ0v) is 7.37. The maximum absolute atomic E-state index is 11.1. The van der Waals surface area contributed by atoms with E-state index >= 15 is 0 Å². The fraction of sp³-hybridized carbons (Fsp3) is 0.200. The Kier molecular flexibility index (Phi) is 2.97. The Hall–Kier alpha value is -1.18. The number of ketones is 1. The van der Waals surface area contributed by atoms with E-state index in [0.29, 0.717) is 0 Å². The Morgan fingerprint density at radius 3 is 2.67 bits per heavy atom. The normalized spacial score (nSPS) is 9.83. The van der Waals surface area contributed by atoms with E-state index < -0.39 is 0 Å². The van der Waals surface area contributed by atoms with Crippen LogP contribution in [0.1, 0.15) is 24.2 Å². The SMILES string of the molecule is CC=Bc1ccccc1C(C)=O. The first kappa shape index (κ1) is 8.92. The summed E-state index contributed by atoms with van der Waals surface area (Å²) in [4.78, 5) is 11.1. The van der Waals surface area contributed by atoms with E-state index in [1.165, 1.54) is 0 Å². The average molecular weight is 158 g/mol. The standard InChI is InChI=1S/C10H11BO/c1-3-11-10-7-5-4-6-9(10)8(2)12/h3-7H,1-2H3. The molecule has 0 aliphatic carbocycles. The van der Waals surface area contributed by atoms with Crippen molar-refractivity contribution in [1.82, 2.24) is 0 Å². The zero-order valence-electron chi connectivity index (χ0n) is 7.37.